The van der Waals surface area contributed by atoms with Crippen molar-refractivity contribution in [3.8, 4) is 0 Å². The Labute approximate surface area is 130 Å². The molecule has 1 rings (SSSR count). The lowest BCUT2D eigenvalue weighted by Crippen LogP contribution is -2.31. The molecular formula is C17H24F3NO. The second kappa shape index (κ2) is 8.20. The predicted molar refractivity (Wildman–Crippen MR) is 81.7 cm³/mol. The molecule has 22 heavy (non-hydrogen) atoms. The number of carbonyl (C=O) groups is 1. The van der Waals surface area contributed by atoms with E-state index in [1.165, 1.54) is 6.92 Å². The fourth-order valence-electron chi connectivity index (χ4n) is 2.64. The lowest BCUT2D eigenvalue weighted by Gasteiger charge is -2.23. The lowest BCUT2D eigenvalue weighted by atomic mass is 9.92. The van der Waals surface area contributed by atoms with Crippen LogP contribution in [0.3, 0.4) is 0 Å². The highest BCUT2D eigenvalue weighted by Gasteiger charge is 2.33. The van der Waals surface area contributed by atoms with Gasteiger partial charge in [0.25, 0.3) is 0 Å². The molecule has 1 N–H and O–H groups in total. The van der Waals surface area contributed by atoms with Crippen molar-refractivity contribution >= 4 is 5.91 Å². The monoisotopic (exact) mass is 315 g/mol. The van der Waals surface area contributed by atoms with Crippen molar-refractivity contribution in [3.63, 3.8) is 0 Å². The predicted octanol–water partition coefficient (Wildman–Crippen LogP) is 4.72. The third-order valence-electron chi connectivity index (χ3n) is 3.45. The number of rotatable bonds is 7. The van der Waals surface area contributed by atoms with E-state index in [2.05, 4.69) is 12.2 Å². The van der Waals surface area contributed by atoms with Gasteiger partial charge in [-0.3, -0.25) is 4.79 Å². The number of aryl methyl sites for hydroxylation is 2. The maximum absolute atomic E-state index is 12.8. The molecular weight excluding hydrogens is 291 g/mol. The molecule has 0 aliphatic carbocycles. The van der Waals surface area contributed by atoms with Crippen LogP contribution in [0.1, 0.15) is 62.8 Å². The van der Waals surface area contributed by atoms with Crippen molar-refractivity contribution in [2.45, 2.75) is 65.1 Å². The Morgan fingerprint density at radius 1 is 1.18 bits per heavy atom. The summed E-state index contributed by atoms with van der Waals surface area (Å²) in [4.78, 5) is 11.3. The number of nitrogens with one attached hydrogen (secondary N) is 1. The van der Waals surface area contributed by atoms with Gasteiger partial charge in [0.1, 0.15) is 0 Å². The second-order valence-corrected chi connectivity index (χ2v) is 5.61. The van der Waals surface area contributed by atoms with E-state index in [0.717, 1.165) is 30.4 Å². The normalized spacial score (nSPS) is 13.0. The first kappa shape index (κ1) is 18.5. The van der Waals surface area contributed by atoms with Gasteiger partial charge in [0.2, 0.25) is 5.91 Å². The Morgan fingerprint density at radius 3 is 2.32 bits per heavy atom. The van der Waals surface area contributed by atoms with Crippen LogP contribution in [0, 0.1) is 0 Å². The Kier molecular flexibility index (Phi) is 6.91. The van der Waals surface area contributed by atoms with Gasteiger partial charge >= 0.3 is 6.18 Å². The van der Waals surface area contributed by atoms with Gasteiger partial charge in [-0.25, -0.2) is 0 Å². The maximum Gasteiger partial charge on any atom is 0.391 e. The largest absolute Gasteiger partial charge is 0.391 e. The molecule has 0 saturated heterocycles. The minimum absolute atomic E-state index is 0.450. The molecule has 0 saturated carbocycles. The fourth-order valence-corrected chi connectivity index (χ4v) is 2.64. The van der Waals surface area contributed by atoms with Crippen LogP contribution in [0.25, 0.3) is 0 Å². The number of hydrogen-bond donors (Lipinski definition) is 1. The molecule has 0 aliphatic heterocycles. The molecule has 0 bridgehead atoms. The van der Waals surface area contributed by atoms with Crippen LogP contribution < -0.4 is 5.32 Å². The van der Waals surface area contributed by atoms with Crippen LogP contribution in [0.2, 0.25) is 0 Å². The summed E-state index contributed by atoms with van der Waals surface area (Å²) >= 11 is 0. The smallest absolute Gasteiger partial charge is 0.349 e. The topological polar surface area (TPSA) is 29.1 Å². The van der Waals surface area contributed by atoms with E-state index in [1.54, 1.807) is 6.07 Å². The zero-order valence-corrected chi connectivity index (χ0v) is 13.4. The van der Waals surface area contributed by atoms with E-state index in [-0.39, 0.29) is 0 Å². The Hall–Kier alpha value is -1.52. The molecule has 0 fully saturated rings. The third kappa shape index (κ3) is 6.08. The number of carbonyl (C=O) groups excluding carboxylic acids is 1. The fraction of sp³-hybridized carbons (Fsp3) is 0.588. The van der Waals surface area contributed by atoms with Crippen molar-refractivity contribution in [2.24, 2.45) is 0 Å². The number of halogens is 3. The van der Waals surface area contributed by atoms with E-state index in [0.29, 0.717) is 12.0 Å². The van der Waals surface area contributed by atoms with Gasteiger partial charge in [-0.2, -0.15) is 13.2 Å². The van der Waals surface area contributed by atoms with E-state index in [1.807, 2.05) is 19.1 Å². The summed E-state index contributed by atoms with van der Waals surface area (Å²) in [6.45, 7) is 5.30. The van der Waals surface area contributed by atoms with Crippen molar-refractivity contribution in [1.82, 2.24) is 5.32 Å². The first-order valence-corrected chi connectivity index (χ1v) is 7.72. The van der Waals surface area contributed by atoms with Crippen molar-refractivity contribution in [1.29, 1.82) is 0 Å². The highest BCUT2D eigenvalue weighted by molar-refractivity contribution is 5.73. The SMILES string of the molecule is CCCc1ccc(C(CC(F)(F)F)NC(C)=O)c(CCC)c1. The van der Waals surface area contributed by atoms with Crippen LogP contribution in [-0.4, -0.2) is 12.1 Å². The standard InChI is InChI=1S/C17H24F3NO/c1-4-6-13-8-9-15(14(10-13)7-5-2)16(21-12(3)22)11-17(18,19)20/h8-10,16H,4-7,11H2,1-3H3,(H,21,22). The van der Waals surface area contributed by atoms with Crippen LogP contribution in [0.4, 0.5) is 13.2 Å². The molecule has 2 nitrogen and oxygen atoms in total. The summed E-state index contributed by atoms with van der Waals surface area (Å²) in [7, 11) is 0. The number of benzene rings is 1. The van der Waals surface area contributed by atoms with Gasteiger partial charge in [-0.15, -0.1) is 0 Å². The summed E-state index contributed by atoms with van der Waals surface area (Å²) in [6, 6.07) is 4.56. The van der Waals surface area contributed by atoms with Crippen LogP contribution in [0.5, 0.6) is 0 Å². The molecule has 0 heterocycles. The van der Waals surface area contributed by atoms with Gasteiger partial charge in [-0.05, 0) is 29.5 Å². The van der Waals surface area contributed by atoms with Crippen molar-refractivity contribution in [2.75, 3.05) is 0 Å². The highest BCUT2D eigenvalue weighted by atomic mass is 19.4. The number of hydrogen-bond acceptors (Lipinski definition) is 1. The van der Waals surface area contributed by atoms with E-state index in [9.17, 15) is 18.0 Å². The molecule has 124 valence electrons. The summed E-state index contributed by atoms with van der Waals surface area (Å²) < 4.78 is 38.4. The Morgan fingerprint density at radius 2 is 1.82 bits per heavy atom. The van der Waals surface area contributed by atoms with Gasteiger partial charge in [-0.1, -0.05) is 44.9 Å². The third-order valence-corrected chi connectivity index (χ3v) is 3.45. The molecule has 1 atom stereocenters. The average molecular weight is 315 g/mol. The molecule has 1 amide bonds. The molecule has 5 heteroatoms. The highest BCUT2D eigenvalue weighted by Crippen LogP contribution is 2.32. The molecule has 0 aromatic heterocycles. The molecule has 0 spiro atoms. The number of amides is 1. The minimum atomic E-state index is -4.32. The summed E-state index contributed by atoms with van der Waals surface area (Å²) in [6.07, 6.45) is -1.92. The zero-order valence-electron chi connectivity index (χ0n) is 13.4. The lowest BCUT2D eigenvalue weighted by molar-refractivity contribution is -0.142. The first-order valence-electron chi connectivity index (χ1n) is 7.72. The maximum atomic E-state index is 12.8. The zero-order chi connectivity index (χ0) is 16.8. The van der Waals surface area contributed by atoms with Crippen molar-refractivity contribution < 1.29 is 18.0 Å². The molecule has 0 aliphatic rings. The number of alkyl halides is 3. The van der Waals surface area contributed by atoms with E-state index >= 15 is 0 Å². The van der Waals surface area contributed by atoms with Gasteiger partial charge in [0.15, 0.2) is 0 Å². The van der Waals surface area contributed by atoms with Crippen LogP contribution in [0.15, 0.2) is 18.2 Å². The van der Waals surface area contributed by atoms with Crippen LogP contribution in [-0.2, 0) is 17.6 Å². The van der Waals surface area contributed by atoms with Gasteiger partial charge in [0, 0.05) is 6.92 Å². The molecule has 0 radical (unpaired) electrons. The van der Waals surface area contributed by atoms with E-state index in [4.69, 9.17) is 0 Å². The summed E-state index contributed by atoms with van der Waals surface area (Å²) in [5.41, 5.74) is 2.61. The minimum Gasteiger partial charge on any atom is -0.349 e. The molecule has 1 unspecified atom stereocenters. The van der Waals surface area contributed by atoms with Gasteiger partial charge in [0.05, 0.1) is 12.5 Å². The molecule has 1 aromatic rings. The second-order valence-electron chi connectivity index (χ2n) is 5.61. The Balaban J connectivity index is 3.17. The first-order chi connectivity index (χ1) is 10.3. The van der Waals surface area contributed by atoms with E-state index < -0.39 is 24.5 Å². The average Bonchev–Trinajstić information content (AvgIpc) is 2.37. The van der Waals surface area contributed by atoms with Gasteiger partial charge < -0.3 is 5.32 Å². The van der Waals surface area contributed by atoms with Crippen molar-refractivity contribution in [3.05, 3.63) is 34.9 Å². The Bertz CT molecular complexity index is 497. The quantitative estimate of drug-likeness (QED) is 0.775. The molecule has 1 aromatic carbocycles. The summed E-state index contributed by atoms with van der Waals surface area (Å²) in [5, 5.41) is 2.44. The summed E-state index contributed by atoms with van der Waals surface area (Å²) in [5.74, 6) is -0.450. The van der Waals surface area contributed by atoms with Crippen LogP contribution >= 0.6 is 0 Å².